The second-order valence-electron chi connectivity index (χ2n) is 4.33. The highest BCUT2D eigenvalue weighted by Gasteiger charge is 2.14. The molecule has 0 fully saturated rings. The number of nitrogens with one attached hydrogen (secondary N) is 1. The zero-order valence-corrected chi connectivity index (χ0v) is 12.7. The summed E-state index contributed by atoms with van der Waals surface area (Å²) in [5.74, 6) is 0.0000900. The van der Waals surface area contributed by atoms with Crippen molar-refractivity contribution >= 4 is 34.3 Å². The summed E-state index contributed by atoms with van der Waals surface area (Å²) < 4.78 is 15.3. The van der Waals surface area contributed by atoms with Gasteiger partial charge in [0, 0.05) is 15.7 Å². The summed E-state index contributed by atoms with van der Waals surface area (Å²) in [6.45, 7) is 3.95. The Morgan fingerprint density at radius 3 is 2.79 bits per heavy atom. The van der Waals surface area contributed by atoms with Gasteiger partial charge >= 0.3 is 0 Å². The molecule has 0 aliphatic rings. The Kier molecular flexibility index (Phi) is 4.18. The van der Waals surface area contributed by atoms with E-state index in [2.05, 4.69) is 10.4 Å². The van der Waals surface area contributed by atoms with Crippen molar-refractivity contribution in [2.45, 2.75) is 19.9 Å². The van der Waals surface area contributed by atoms with E-state index >= 15 is 0 Å². The predicted octanol–water partition coefficient (Wildman–Crippen LogP) is 3.46. The molecule has 6 heteroatoms. The van der Waals surface area contributed by atoms with Crippen molar-refractivity contribution in [3.63, 3.8) is 0 Å². The number of hydrogen-bond donors (Lipinski definition) is 1. The van der Waals surface area contributed by atoms with Crippen molar-refractivity contribution in [3.8, 4) is 0 Å². The maximum absolute atomic E-state index is 13.0. The first-order valence-electron chi connectivity index (χ1n) is 5.79. The number of rotatable bonds is 3. The van der Waals surface area contributed by atoms with E-state index in [0.29, 0.717) is 15.0 Å². The third kappa shape index (κ3) is 3.12. The monoisotopic (exact) mass is 373 g/mol. The molecular weight excluding hydrogens is 360 g/mol. The highest BCUT2D eigenvalue weighted by molar-refractivity contribution is 14.1. The van der Waals surface area contributed by atoms with Crippen LogP contribution in [0.1, 0.15) is 30.2 Å². The summed E-state index contributed by atoms with van der Waals surface area (Å²) in [5, 5.41) is 6.92. The second-order valence-corrected chi connectivity index (χ2v) is 5.50. The molecule has 0 saturated carbocycles. The Labute approximate surface area is 124 Å². The van der Waals surface area contributed by atoms with Gasteiger partial charge in [-0.15, -0.1) is 0 Å². The number of carbonyl (C=O) groups is 1. The molecule has 0 unspecified atom stereocenters. The van der Waals surface area contributed by atoms with Crippen molar-refractivity contribution in [2.75, 3.05) is 5.32 Å². The number of halogens is 2. The van der Waals surface area contributed by atoms with Crippen LogP contribution in [0.4, 0.5) is 10.2 Å². The number of aromatic nitrogens is 2. The van der Waals surface area contributed by atoms with Crippen LogP contribution in [0.2, 0.25) is 0 Å². The standard InChI is InChI=1S/C13H13FIN3O/c1-8(2)18-12(5-6-16-18)17-13(19)10-4-3-9(14)7-11(10)15/h3-8H,1-2H3,(H,17,19). The molecule has 100 valence electrons. The summed E-state index contributed by atoms with van der Waals surface area (Å²) in [6.07, 6.45) is 1.63. The Morgan fingerprint density at radius 1 is 1.42 bits per heavy atom. The lowest BCUT2D eigenvalue weighted by Gasteiger charge is -2.12. The van der Waals surface area contributed by atoms with Crippen LogP contribution in [0, 0.1) is 9.39 Å². The molecular formula is C13H13FIN3O. The Balaban J connectivity index is 2.23. The molecule has 0 radical (unpaired) electrons. The molecule has 2 rings (SSSR count). The number of hydrogen-bond acceptors (Lipinski definition) is 2. The minimum absolute atomic E-state index is 0.151. The fourth-order valence-electron chi connectivity index (χ4n) is 1.68. The lowest BCUT2D eigenvalue weighted by molar-refractivity contribution is 0.102. The molecule has 0 bridgehead atoms. The van der Waals surface area contributed by atoms with E-state index in [1.807, 2.05) is 36.4 Å². The Hall–Kier alpha value is -1.44. The third-order valence-electron chi connectivity index (χ3n) is 2.58. The minimum atomic E-state index is -0.354. The van der Waals surface area contributed by atoms with Crippen molar-refractivity contribution in [1.82, 2.24) is 9.78 Å². The predicted molar refractivity (Wildman–Crippen MR) is 79.7 cm³/mol. The molecule has 19 heavy (non-hydrogen) atoms. The maximum atomic E-state index is 13.0. The van der Waals surface area contributed by atoms with Crippen LogP contribution in [0.5, 0.6) is 0 Å². The van der Waals surface area contributed by atoms with Gasteiger partial charge in [-0.3, -0.25) is 4.79 Å². The first-order valence-corrected chi connectivity index (χ1v) is 6.87. The third-order valence-corrected chi connectivity index (χ3v) is 3.47. The van der Waals surface area contributed by atoms with Gasteiger partial charge in [-0.25, -0.2) is 9.07 Å². The number of benzene rings is 1. The molecule has 1 amide bonds. The Bertz CT molecular complexity index is 610. The zero-order chi connectivity index (χ0) is 14.0. The molecule has 0 saturated heterocycles. The lowest BCUT2D eigenvalue weighted by Crippen LogP contribution is -2.17. The van der Waals surface area contributed by atoms with Crippen LogP contribution in [0.15, 0.2) is 30.5 Å². The van der Waals surface area contributed by atoms with E-state index in [0.717, 1.165) is 0 Å². The summed E-state index contributed by atoms with van der Waals surface area (Å²) in [6, 6.07) is 5.96. The van der Waals surface area contributed by atoms with Crippen LogP contribution < -0.4 is 5.32 Å². The smallest absolute Gasteiger partial charge is 0.257 e. The van der Waals surface area contributed by atoms with E-state index in [1.54, 1.807) is 16.9 Å². The number of carbonyl (C=O) groups excluding carboxylic acids is 1. The molecule has 0 atom stereocenters. The molecule has 4 nitrogen and oxygen atoms in total. The number of anilines is 1. The average molecular weight is 373 g/mol. The normalized spacial score (nSPS) is 10.8. The van der Waals surface area contributed by atoms with Crippen molar-refractivity contribution in [2.24, 2.45) is 0 Å². The molecule has 0 aliphatic heterocycles. The molecule has 0 aliphatic carbocycles. The van der Waals surface area contributed by atoms with Crippen molar-refractivity contribution in [3.05, 3.63) is 45.4 Å². The fraction of sp³-hybridized carbons (Fsp3) is 0.231. The van der Waals surface area contributed by atoms with Gasteiger partial charge in [-0.1, -0.05) is 0 Å². The summed E-state index contributed by atoms with van der Waals surface area (Å²) >= 11 is 1.94. The van der Waals surface area contributed by atoms with E-state index in [9.17, 15) is 9.18 Å². The van der Waals surface area contributed by atoms with E-state index < -0.39 is 0 Å². The summed E-state index contributed by atoms with van der Waals surface area (Å²) in [5.41, 5.74) is 0.443. The first-order chi connectivity index (χ1) is 8.99. The maximum Gasteiger partial charge on any atom is 0.257 e. The zero-order valence-electron chi connectivity index (χ0n) is 10.5. The lowest BCUT2D eigenvalue weighted by atomic mass is 10.2. The largest absolute Gasteiger partial charge is 0.307 e. The molecule has 2 aromatic rings. The fourth-order valence-corrected chi connectivity index (χ4v) is 2.40. The quantitative estimate of drug-likeness (QED) is 0.838. The number of amides is 1. The van der Waals surface area contributed by atoms with Gasteiger partial charge in [0.05, 0.1) is 11.8 Å². The van der Waals surface area contributed by atoms with Gasteiger partial charge in [0.2, 0.25) is 0 Å². The molecule has 0 spiro atoms. The summed E-state index contributed by atoms with van der Waals surface area (Å²) in [7, 11) is 0. The second kappa shape index (κ2) is 5.68. The van der Waals surface area contributed by atoms with Crippen molar-refractivity contribution < 1.29 is 9.18 Å². The van der Waals surface area contributed by atoms with E-state index in [4.69, 9.17) is 0 Å². The van der Waals surface area contributed by atoms with Crippen LogP contribution in [0.25, 0.3) is 0 Å². The van der Waals surface area contributed by atoms with E-state index in [-0.39, 0.29) is 17.8 Å². The van der Waals surface area contributed by atoms with Gasteiger partial charge in [0.15, 0.2) is 0 Å². The minimum Gasteiger partial charge on any atom is -0.307 e. The van der Waals surface area contributed by atoms with Gasteiger partial charge in [-0.2, -0.15) is 5.10 Å². The van der Waals surface area contributed by atoms with Crippen LogP contribution in [-0.4, -0.2) is 15.7 Å². The summed E-state index contributed by atoms with van der Waals surface area (Å²) in [4.78, 5) is 12.1. The molecule has 1 heterocycles. The molecule has 1 aromatic carbocycles. The van der Waals surface area contributed by atoms with Gasteiger partial charge in [0.25, 0.3) is 5.91 Å². The van der Waals surface area contributed by atoms with Crippen LogP contribution >= 0.6 is 22.6 Å². The first kappa shape index (κ1) is 14.0. The number of nitrogens with zero attached hydrogens (tertiary/aromatic N) is 2. The van der Waals surface area contributed by atoms with Crippen LogP contribution in [-0.2, 0) is 0 Å². The molecule has 1 N–H and O–H groups in total. The Morgan fingerprint density at radius 2 is 2.16 bits per heavy atom. The van der Waals surface area contributed by atoms with Gasteiger partial charge in [0.1, 0.15) is 11.6 Å². The molecule has 1 aromatic heterocycles. The van der Waals surface area contributed by atoms with Crippen LogP contribution in [0.3, 0.4) is 0 Å². The average Bonchev–Trinajstić information content (AvgIpc) is 2.76. The van der Waals surface area contributed by atoms with Gasteiger partial charge in [-0.05, 0) is 54.6 Å². The van der Waals surface area contributed by atoms with Crippen molar-refractivity contribution in [1.29, 1.82) is 0 Å². The topological polar surface area (TPSA) is 46.9 Å². The van der Waals surface area contributed by atoms with Gasteiger partial charge < -0.3 is 5.32 Å². The highest BCUT2D eigenvalue weighted by Crippen LogP contribution is 2.18. The SMILES string of the molecule is CC(C)n1nccc1NC(=O)c1ccc(F)cc1I. The highest BCUT2D eigenvalue weighted by atomic mass is 127. The van der Waals surface area contributed by atoms with E-state index in [1.165, 1.54) is 18.2 Å².